The minimum absolute atomic E-state index is 0. The monoisotopic (exact) mass is 408 g/mol. The van der Waals surface area contributed by atoms with Crippen molar-refractivity contribution in [3.8, 4) is 0 Å². The van der Waals surface area contributed by atoms with E-state index in [2.05, 4.69) is 79.6 Å². The smallest absolute Gasteiger partial charge is 0 e. The van der Waals surface area contributed by atoms with Gasteiger partial charge < -0.3 is 0 Å². The van der Waals surface area contributed by atoms with Gasteiger partial charge in [-0.15, -0.1) is 58.0 Å². The molecule has 0 bridgehead atoms. The SMILES string of the molecule is C=C.C=C.CP(C)CCP(C)C.CP(C)CCP(C)C.[Cr]. The van der Waals surface area contributed by atoms with E-state index < -0.39 is 0 Å². The zero-order chi connectivity index (χ0) is 17.1. The Morgan fingerprint density at radius 1 is 0.429 bits per heavy atom. The topological polar surface area (TPSA) is 0 Å². The Bertz CT molecular complexity index is 128. The van der Waals surface area contributed by atoms with Gasteiger partial charge in [0.15, 0.2) is 0 Å². The van der Waals surface area contributed by atoms with Gasteiger partial charge in [0.25, 0.3) is 0 Å². The second kappa shape index (κ2) is 29.7. The minimum atomic E-state index is 0. The first-order chi connectivity index (χ1) is 9.25. The van der Waals surface area contributed by atoms with Crippen LogP contribution >= 0.6 is 31.7 Å². The van der Waals surface area contributed by atoms with Crippen LogP contribution in [0.4, 0.5) is 0 Å². The summed E-state index contributed by atoms with van der Waals surface area (Å²) in [4.78, 5) is 0. The van der Waals surface area contributed by atoms with Gasteiger partial charge in [-0.05, 0) is 78.0 Å². The second-order valence-electron chi connectivity index (χ2n) is 5.21. The normalized spacial score (nSPS) is 8.95. The first kappa shape index (κ1) is 34.1. The molecule has 0 heterocycles. The summed E-state index contributed by atoms with van der Waals surface area (Å²) in [6, 6.07) is 0. The molecule has 0 saturated heterocycles. The fraction of sp³-hybridized carbons (Fsp3) is 0.750. The molecule has 0 aliphatic heterocycles. The molecule has 0 N–H and O–H groups in total. The zero-order valence-corrected chi connectivity index (χ0v) is 20.7. The molecule has 0 aromatic heterocycles. The Morgan fingerprint density at radius 3 is 0.571 bits per heavy atom. The van der Waals surface area contributed by atoms with Crippen LogP contribution in [-0.2, 0) is 17.4 Å². The summed E-state index contributed by atoms with van der Waals surface area (Å²) in [7, 11) is 1.53. The molecule has 0 saturated carbocycles. The molecule has 0 unspecified atom stereocenters. The van der Waals surface area contributed by atoms with Crippen LogP contribution in [0, 0.1) is 0 Å². The maximum absolute atomic E-state index is 3.00. The molecule has 0 aromatic carbocycles. The van der Waals surface area contributed by atoms with Crippen LogP contribution in [0.25, 0.3) is 0 Å². The van der Waals surface area contributed by atoms with E-state index in [4.69, 9.17) is 0 Å². The molecule has 0 spiro atoms. The molecule has 130 valence electrons. The van der Waals surface area contributed by atoms with Crippen molar-refractivity contribution >= 4 is 31.7 Å². The molecule has 0 aliphatic rings. The predicted octanol–water partition coefficient (Wildman–Crippen LogP) is 6.54. The summed E-state index contributed by atoms with van der Waals surface area (Å²) in [5, 5.41) is 0. The van der Waals surface area contributed by atoms with E-state index >= 15 is 0 Å². The average molecular weight is 408 g/mol. The van der Waals surface area contributed by atoms with Crippen LogP contribution in [0.2, 0.25) is 0 Å². The van der Waals surface area contributed by atoms with Crippen LogP contribution in [0.3, 0.4) is 0 Å². The minimum Gasteiger partial charge on any atom is -0.113 e. The van der Waals surface area contributed by atoms with Crippen molar-refractivity contribution in [1.82, 2.24) is 0 Å². The molecule has 0 nitrogen and oxygen atoms in total. The van der Waals surface area contributed by atoms with Crippen LogP contribution < -0.4 is 0 Å². The Kier molecular flexibility index (Phi) is 48.3. The molecule has 21 heavy (non-hydrogen) atoms. The third kappa shape index (κ3) is 61.5. The van der Waals surface area contributed by atoms with E-state index in [1.807, 2.05) is 0 Å². The molecule has 0 aromatic rings. The van der Waals surface area contributed by atoms with Gasteiger partial charge in [0.2, 0.25) is 0 Å². The van der Waals surface area contributed by atoms with Crippen LogP contribution in [0.1, 0.15) is 0 Å². The Labute approximate surface area is 153 Å². The van der Waals surface area contributed by atoms with Gasteiger partial charge >= 0.3 is 0 Å². The van der Waals surface area contributed by atoms with Crippen LogP contribution in [0.5, 0.6) is 0 Å². The molecule has 0 amide bonds. The molecule has 0 rings (SSSR count). The van der Waals surface area contributed by atoms with Gasteiger partial charge in [-0.3, -0.25) is 0 Å². The van der Waals surface area contributed by atoms with Crippen LogP contribution in [-0.4, -0.2) is 78.0 Å². The van der Waals surface area contributed by atoms with E-state index in [9.17, 15) is 0 Å². The largest absolute Gasteiger partial charge is 0.113 e. The quantitative estimate of drug-likeness (QED) is 0.346. The van der Waals surface area contributed by atoms with Gasteiger partial charge in [-0.2, -0.15) is 0 Å². The fourth-order valence-electron chi connectivity index (χ4n) is 0.800. The Hall–Kier alpha value is 1.73. The molecule has 0 aliphatic carbocycles. The van der Waals surface area contributed by atoms with Crippen molar-refractivity contribution in [2.75, 3.05) is 78.0 Å². The van der Waals surface area contributed by atoms with Gasteiger partial charge in [0, 0.05) is 17.4 Å². The summed E-state index contributed by atoms with van der Waals surface area (Å²) in [5.41, 5.74) is 0. The summed E-state index contributed by atoms with van der Waals surface area (Å²) < 4.78 is 0. The summed E-state index contributed by atoms with van der Waals surface area (Å²) in [6.07, 6.45) is 5.92. The molecule has 5 heteroatoms. The zero-order valence-electron chi connectivity index (χ0n) is 15.9. The van der Waals surface area contributed by atoms with Crippen molar-refractivity contribution in [1.29, 1.82) is 0 Å². The second-order valence-corrected chi connectivity index (χ2v) is 15.6. The van der Waals surface area contributed by atoms with Crippen LogP contribution in [0.15, 0.2) is 26.3 Å². The predicted molar refractivity (Wildman–Crippen MR) is 117 cm³/mol. The summed E-state index contributed by atoms with van der Waals surface area (Å²) in [5.74, 6) is 0. The maximum atomic E-state index is 3.00. The fourth-order valence-corrected chi connectivity index (χ4v) is 7.20. The summed E-state index contributed by atoms with van der Waals surface area (Å²) >= 11 is 0. The average Bonchev–Trinajstić information content (AvgIpc) is 2.39. The van der Waals surface area contributed by atoms with Gasteiger partial charge in [0.05, 0.1) is 0 Å². The number of rotatable bonds is 6. The van der Waals surface area contributed by atoms with Crippen molar-refractivity contribution in [2.45, 2.75) is 0 Å². The maximum Gasteiger partial charge on any atom is 0 e. The van der Waals surface area contributed by atoms with Crippen molar-refractivity contribution in [3.63, 3.8) is 0 Å². The Morgan fingerprint density at radius 2 is 0.524 bits per heavy atom. The molecule has 0 radical (unpaired) electrons. The van der Waals surface area contributed by atoms with Crippen molar-refractivity contribution in [3.05, 3.63) is 26.3 Å². The third-order valence-electron chi connectivity index (χ3n) is 1.99. The van der Waals surface area contributed by atoms with Crippen molar-refractivity contribution in [2.24, 2.45) is 0 Å². The molecule has 0 atom stereocenters. The van der Waals surface area contributed by atoms with E-state index in [-0.39, 0.29) is 17.4 Å². The van der Waals surface area contributed by atoms with E-state index in [0.29, 0.717) is 31.7 Å². The molecular weight excluding hydrogens is 368 g/mol. The summed E-state index contributed by atoms with van der Waals surface area (Å²) in [6.45, 7) is 30.8. The first-order valence-electron chi connectivity index (χ1n) is 6.84. The molecular formula is C16H40CrP4. The van der Waals surface area contributed by atoms with E-state index in [1.54, 1.807) is 0 Å². The van der Waals surface area contributed by atoms with E-state index in [0.717, 1.165) is 0 Å². The molecule has 0 fully saturated rings. The van der Waals surface area contributed by atoms with E-state index in [1.165, 1.54) is 24.6 Å². The third-order valence-corrected chi connectivity index (χ3v) is 7.17. The standard InChI is InChI=1S/2C6H16P2.2C2H4.Cr/c2*1-7(2)5-6-8(3)4;2*1-2;/h2*5-6H2,1-4H3;2*1-2H2;. The van der Waals surface area contributed by atoms with Gasteiger partial charge in [-0.1, -0.05) is 0 Å². The van der Waals surface area contributed by atoms with Gasteiger partial charge in [-0.25, -0.2) is 0 Å². The number of hydrogen-bond donors (Lipinski definition) is 0. The number of hydrogen-bond acceptors (Lipinski definition) is 0. The van der Waals surface area contributed by atoms with Crippen molar-refractivity contribution < 1.29 is 17.4 Å². The Balaban J connectivity index is -0.0000000630. The van der Waals surface area contributed by atoms with Gasteiger partial charge in [0.1, 0.15) is 0 Å². The first-order valence-corrected chi connectivity index (χ1v) is 16.5.